The Bertz CT molecular complexity index is 800. The largest absolute Gasteiger partial charge is 0.486 e. The summed E-state index contributed by atoms with van der Waals surface area (Å²) >= 11 is 0. The number of anilines is 1. The number of nitrogens with zero attached hydrogens (tertiary/aromatic N) is 1. The molecule has 4 rings (SSSR count). The van der Waals surface area contributed by atoms with Gasteiger partial charge in [0.25, 0.3) is 5.91 Å². The molecule has 2 heterocycles. The van der Waals surface area contributed by atoms with Gasteiger partial charge in [-0.25, -0.2) is 0 Å². The molecule has 2 aliphatic heterocycles. The zero-order chi connectivity index (χ0) is 17.9. The maximum atomic E-state index is 12.9. The number of fused-ring (bicyclic) bond motifs is 1. The molecule has 1 N–H and O–H groups in total. The van der Waals surface area contributed by atoms with Crippen molar-refractivity contribution in [1.82, 2.24) is 5.32 Å². The van der Waals surface area contributed by atoms with Crippen molar-refractivity contribution in [2.24, 2.45) is 0 Å². The minimum absolute atomic E-state index is 0.0464. The predicted octanol–water partition coefficient (Wildman–Crippen LogP) is 3.55. The molecule has 1 amide bonds. The molecule has 5 nitrogen and oxygen atoms in total. The Morgan fingerprint density at radius 3 is 2.58 bits per heavy atom. The van der Waals surface area contributed by atoms with Gasteiger partial charge in [0.05, 0.1) is 11.6 Å². The van der Waals surface area contributed by atoms with Crippen LogP contribution in [0.25, 0.3) is 0 Å². The minimum atomic E-state index is -0.120. The summed E-state index contributed by atoms with van der Waals surface area (Å²) in [6.45, 7) is 5.15. The third-order valence-corrected chi connectivity index (χ3v) is 5.01. The number of hydrogen-bond acceptors (Lipinski definition) is 4. The van der Waals surface area contributed by atoms with E-state index in [0.717, 1.165) is 41.4 Å². The number of para-hydroxylation sites is 1. The van der Waals surface area contributed by atoms with Crippen LogP contribution in [0.2, 0.25) is 0 Å². The molecule has 1 saturated heterocycles. The topological polar surface area (TPSA) is 50.8 Å². The number of nitrogens with one attached hydrogen (secondary N) is 1. The van der Waals surface area contributed by atoms with E-state index in [1.807, 2.05) is 49.4 Å². The highest BCUT2D eigenvalue weighted by Crippen LogP contribution is 2.33. The van der Waals surface area contributed by atoms with Gasteiger partial charge in [-0.1, -0.05) is 18.2 Å². The summed E-state index contributed by atoms with van der Waals surface area (Å²) in [4.78, 5) is 15.2. The van der Waals surface area contributed by atoms with Crippen molar-refractivity contribution >= 4 is 11.6 Å². The minimum Gasteiger partial charge on any atom is -0.486 e. The first-order chi connectivity index (χ1) is 12.7. The molecule has 0 saturated carbocycles. The molecule has 2 aromatic rings. The van der Waals surface area contributed by atoms with Crippen LogP contribution in [-0.4, -0.2) is 32.2 Å². The molecule has 0 radical (unpaired) electrons. The second-order valence-corrected chi connectivity index (χ2v) is 6.81. The van der Waals surface area contributed by atoms with E-state index in [4.69, 9.17) is 9.47 Å². The van der Waals surface area contributed by atoms with E-state index in [2.05, 4.69) is 10.2 Å². The molecule has 0 bridgehead atoms. The fraction of sp³-hybridized carbons (Fsp3) is 0.381. The summed E-state index contributed by atoms with van der Waals surface area (Å²) in [5, 5.41) is 3.12. The smallest absolute Gasteiger partial charge is 0.253 e. The van der Waals surface area contributed by atoms with Gasteiger partial charge in [-0.05, 0) is 49.6 Å². The van der Waals surface area contributed by atoms with Crippen molar-refractivity contribution in [1.29, 1.82) is 0 Å². The number of benzene rings is 2. The van der Waals surface area contributed by atoms with Crippen LogP contribution in [0.1, 0.15) is 41.7 Å². The van der Waals surface area contributed by atoms with Crippen molar-refractivity contribution in [2.45, 2.75) is 25.8 Å². The second kappa shape index (κ2) is 7.28. The number of carbonyl (C=O) groups is 1. The molecule has 2 aliphatic rings. The van der Waals surface area contributed by atoms with Gasteiger partial charge in [0.15, 0.2) is 11.5 Å². The van der Waals surface area contributed by atoms with Crippen molar-refractivity contribution in [2.75, 3.05) is 31.2 Å². The summed E-state index contributed by atoms with van der Waals surface area (Å²) < 4.78 is 11.2. The lowest BCUT2D eigenvalue weighted by Crippen LogP contribution is -2.29. The fourth-order valence-electron chi connectivity index (χ4n) is 3.59. The number of rotatable bonds is 4. The molecule has 0 aromatic heterocycles. The standard InChI is InChI=1S/C21H24N2O3/c1-15(16-8-9-19-20(14-16)26-13-12-25-19)22-21(24)17-6-2-3-7-18(17)23-10-4-5-11-23/h2-3,6-9,14-15H,4-5,10-13H2,1H3,(H,22,24)/t15-/m1/s1. The van der Waals surface area contributed by atoms with E-state index < -0.39 is 0 Å². The van der Waals surface area contributed by atoms with Crippen molar-refractivity contribution in [3.63, 3.8) is 0 Å². The van der Waals surface area contributed by atoms with Crippen LogP contribution in [0.15, 0.2) is 42.5 Å². The SMILES string of the molecule is C[C@@H](NC(=O)c1ccccc1N1CCCC1)c1ccc2c(c1)OCCO2. The van der Waals surface area contributed by atoms with E-state index in [0.29, 0.717) is 13.2 Å². The lowest BCUT2D eigenvalue weighted by molar-refractivity contribution is 0.0940. The zero-order valence-corrected chi connectivity index (χ0v) is 15.0. The molecule has 0 unspecified atom stereocenters. The average Bonchev–Trinajstić information content (AvgIpc) is 3.22. The Labute approximate surface area is 153 Å². The molecule has 2 aromatic carbocycles. The maximum absolute atomic E-state index is 12.9. The van der Waals surface area contributed by atoms with Crippen molar-refractivity contribution < 1.29 is 14.3 Å². The summed E-state index contributed by atoms with van der Waals surface area (Å²) in [6.07, 6.45) is 2.37. The Morgan fingerprint density at radius 1 is 1.04 bits per heavy atom. The van der Waals surface area contributed by atoms with Crippen LogP contribution in [0.4, 0.5) is 5.69 Å². The molecule has 0 spiro atoms. The molecule has 26 heavy (non-hydrogen) atoms. The van der Waals surface area contributed by atoms with Crippen LogP contribution in [0.5, 0.6) is 11.5 Å². The second-order valence-electron chi connectivity index (χ2n) is 6.81. The predicted molar refractivity (Wildman–Crippen MR) is 101 cm³/mol. The Kier molecular flexibility index (Phi) is 4.69. The highest BCUT2D eigenvalue weighted by molar-refractivity contribution is 6.00. The van der Waals surface area contributed by atoms with Crippen LogP contribution in [0, 0.1) is 0 Å². The quantitative estimate of drug-likeness (QED) is 0.914. The summed E-state index contributed by atoms with van der Waals surface area (Å²) in [6, 6.07) is 13.6. The monoisotopic (exact) mass is 352 g/mol. The molecule has 5 heteroatoms. The zero-order valence-electron chi connectivity index (χ0n) is 15.0. The maximum Gasteiger partial charge on any atom is 0.253 e. The van der Waals surface area contributed by atoms with Crippen molar-refractivity contribution in [3.05, 3.63) is 53.6 Å². The summed E-state index contributed by atoms with van der Waals surface area (Å²) in [5.74, 6) is 1.46. The highest BCUT2D eigenvalue weighted by Gasteiger charge is 2.21. The van der Waals surface area contributed by atoms with Crippen LogP contribution < -0.4 is 19.7 Å². The Hall–Kier alpha value is -2.69. The fourth-order valence-corrected chi connectivity index (χ4v) is 3.59. The van der Waals surface area contributed by atoms with Gasteiger partial charge < -0.3 is 19.7 Å². The van der Waals surface area contributed by atoms with Gasteiger partial charge in [-0.3, -0.25) is 4.79 Å². The molecule has 136 valence electrons. The molecular weight excluding hydrogens is 328 g/mol. The number of hydrogen-bond donors (Lipinski definition) is 1. The van der Waals surface area contributed by atoms with Crippen molar-refractivity contribution in [3.8, 4) is 11.5 Å². The summed E-state index contributed by atoms with van der Waals surface area (Å²) in [5.41, 5.74) is 2.76. The van der Waals surface area contributed by atoms with E-state index in [1.54, 1.807) is 0 Å². The molecule has 0 aliphatic carbocycles. The number of ether oxygens (including phenoxy) is 2. The van der Waals surface area contributed by atoms with Gasteiger partial charge in [0.1, 0.15) is 13.2 Å². The Morgan fingerprint density at radius 2 is 1.77 bits per heavy atom. The van der Waals surface area contributed by atoms with Crippen LogP contribution in [0.3, 0.4) is 0 Å². The van der Waals surface area contributed by atoms with Gasteiger partial charge in [0.2, 0.25) is 0 Å². The average molecular weight is 352 g/mol. The van der Waals surface area contributed by atoms with E-state index in [9.17, 15) is 4.79 Å². The molecule has 1 fully saturated rings. The van der Waals surface area contributed by atoms with E-state index in [-0.39, 0.29) is 11.9 Å². The Balaban J connectivity index is 1.51. The van der Waals surface area contributed by atoms with E-state index >= 15 is 0 Å². The first kappa shape index (κ1) is 16.8. The molecule has 1 atom stereocenters. The highest BCUT2D eigenvalue weighted by atomic mass is 16.6. The van der Waals surface area contributed by atoms with Gasteiger partial charge in [0, 0.05) is 18.8 Å². The van der Waals surface area contributed by atoms with Gasteiger partial charge in [-0.15, -0.1) is 0 Å². The first-order valence-corrected chi connectivity index (χ1v) is 9.27. The lowest BCUT2D eigenvalue weighted by atomic mass is 10.1. The van der Waals surface area contributed by atoms with Gasteiger partial charge in [-0.2, -0.15) is 0 Å². The first-order valence-electron chi connectivity index (χ1n) is 9.27. The normalized spacial score (nSPS) is 17.0. The number of amides is 1. The summed E-state index contributed by atoms with van der Waals surface area (Å²) in [7, 11) is 0. The van der Waals surface area contributed by atoms with Crippen LogP contribution in [-0.2, 0) is 0 Å². The van der Waals surface area contributed by atoms with Crippen LogP contribution >= 0.6 is 0 Å². The third kappa shape index (κ3) is 3.34. The molecular formula is C21H24N2O3. The third-order valence-electron chi connectivity index (χ3n) is 5.01. The lowest BCUT2D eigenvalue weighted by Gasteiger charge is -2.23. The number of carbonyl (C=O) groups excluding carboxylic acids is 1. The van der Waals surface area contributed by atoms with E-state index in [1.165, 1.54) is 12.8 Å². The van der Waals surface area contributed by atoms with Gasteiger partial charge >= 0.3 is 0 Å².